The minimum atomic E-state index is -1.27. The summed E-state index contributed by atoms with van der Waals surface area (Å²) < 4.78 is 32.0. The number of hydrogen-bond donors (Lipinski definition) is 3. The summed E-state index contributed by atoms with van der Waals surface area (Å²) in [5.74, 6) is -4.10. The minimum Gasteiger partial charge on any atom is -0.459 e. The minimum absolute atomic E-state index is 0.0645. The van der Waals surface area contributed by atoms with Crippen molar-refractivity contribution in [3.8, 4) is 0 Å². The van der Waals surface area contributed by atoms with Gasteiger partial charge < -0.3 is 20.4 Å². The molecule has 0 saturated heterocycles. The van der Waals surface area contributed by atoms with Gasteiger partial charge in [0.15, 0.2) is 11.6 Å². The molecule has 0 spiro atoms. The number of aryl methyl sites for hydroxylation is 1. The Bertz CT molecular complexity index is 953. The van der Waals surface area contributed by atoms with Crippen molar-refractivity contribution in [1.82, 2.24) is 15.6 Å². The molecule has 7 nitrogen and oxygen atoms in total. The van der Waals surface area contributed by atoms with Crippen LogP contribution in [-0.4, -0.2) is 35.9 Å². The molecule has 9 heteroatoms. The van der Waals surface area contributed by atoms with Gasteiger partial charge in [0.25, 0.3) is 5.91 Å². The number of benzene rings is 1. The average molecular weight is 407 g/mol. The van der Waals surface area contributed by atoms with Crippen molar-refractivity contribution in [2.75, 3.05) is 7.05 Å². The van der Waals surface area contributed by atoms with E-state index >= 15 is 0 Å². The van der Waals surface area contributed by atoms with E-state index in [4.69, 9.17) is 4.74 Å². The number of likely N-dealkylation sites (N-methyl/N-ethyl adjacent to an activating group) is 1. The lowest BCUT2D eigenvalue weighted by Gasteiger charge is -2.18. The van der Waals surface area contributed by atoms with Crippen LogP contribution in [-0.2, 0) is 9.53 Å². The molecule has 0 saturated carbocycles. The van der Waals surface area contributed by atoms with E-state index in [-0.39, 0.29) is 22.9 Å². The lowest BCUT2D eigenvalue weighted by Crippen LogP contribution is -2.39. The van der Waals surface area contributed by atoms with Gasteiger partial charge in [-0.05, 0) is 51.0 Å². The fourth-order valence-corrected chi connectivity index (χ4v) is 2.90. The highest BCUT2D eigenvalue weighted by molar-refractivity contribution is 6.02. The standard InChI is InChI=1S/C20H23F2N3O4/c1-9(2)29-20(28)15-10(3)16(24-11(15)4)19(27)25-17(18(26)23-5)12-6-7-13(21)14(22)8-12/h6-9,17,24H,1-5H3,(H,23,26)(H,25,27). The van der Waals surface area contributed by atoms with Crippen LogP contribution in [0.1, 0.15) is 57.6 Å². The summed E-state index contributed by atoms with van der Waals surface area (Å²) in [7, 11) is 1.35. The van der Waals surface area contributed by atoms with E-state index in [0.29, 0.717) is 11.3 Å². The lowest BCUT2D eigenvalue weighted by atomic mass is 10.0. The van der Waals surface area contributed by atoms with Gasteiger partial charge in [-0.2, -0.15) is 0 Å². The molecule has 0 aliphatic carbocycles. The monoisotopic (exact) mass is 407 g/mol. The molecule has 0 aliphatic heterocycles. The molecule has 0 bridgehead atoms. The number of hydrogen-bond acceptors (Lipinski definition) is 4. The SMILES string of the molecule is CNC(=O)C(NC(=O)c1[nH]c(C)c(C(=O)OC(C)C)c1C)c1ccc(F)c(F)c1. The molecule has 29 heavy (non-hydrogen) atoms. The van der Waals surface area contributed by atoms with Gasteiger partial charge in [0.1, 0.15) is 11.7 Å². The number of nitrogens with one attached hydrogen (secondary N) is 3. The van der Waals surface area contributed by atoms with Crippen LogP contribution in [0.3, 0.4) is 0 Å². The zero-order chi connectivity index (χ0) is 21.9. The summed E-state index contributed by atoms with van der Waals surface area (Å²) in [4.78, 5) is 40.1. The predicted octanol–water partition coefficient (Wildman–Crippen LogP) is 2.69. The second-order valence-electron chi connectivity index (χ2n) is 6.77. The van der Waals surface area contributed by atoms with Gasteiger partial charge in [-0.3, -0.25) is 9.59 Å². The first kappa shape index (κ1) is 22.1. The van der Waals surface area contributed by atoms with Crippen LogP contribution in [0.4, 0.5) is 8.78 Å². The lowest BCUT2D eigenvalue weighted by molar-refractivity contribution is -0.122. The van der Waals surface area contributed by atoms with Gasteiger partial charge in [-0.25, -0.2) is 13.6 Å². The molecule has 156 valence electrons. The third-order valence-corrected chi connectivity index (χ3v) is 4.27. The third-order valence-electron chi connectivity index (χ3n) is 4.27. The van der Waals surface area contributed by atoms with Crippen molar-refractivity contribution < 1.29 is 27.9 Å². The first-order chi connectivity index (χ1) is 13.6. The Morgan fingerprint density at radius 3 is 2.31 bits per heavy atom. The van der Waals surface area contributed by atoms with Crippen LogP contribution in [0.25, 0.3) is 0 Å². The van der Waals surface area contributed by atoms with Crippen LogP contribution >= 0.6 is 0 Å². The van der Waals surface area contributed by atoms with Crippen LogP contribution < -0.4 is 10.6 Å². The van der Waals surface area contributed by atoms with Gasteiger partial charge in [-0.15, -0.1) is 0 Å². The second kappa shape index (κ2) is 8.85. The van der Waals surface area contributed by atoms with Crippen LogP contribution in [0.15, 0.2) is 18.2 Å². The van der Waals surface area contributed by atoms with Crippen molar-refractivity contribution in [2.24, 2.45) is 0 Å². The topological polar surface area (TPSA) is 100 Å². The number of rotatable bonds is 6. The quantitative estimate of drug-likeness (QED) is 0.641. The molecule has 2 rings (SSSR count). The highest BCUT2D eigenvalue weighted by Gasteiger charge is 2.28. The summed E-state index contributed by atoms with van der Waals surface area (Å²) in [6, 6.07) is 1.65. The zero-order valence-electron chi connectivity index (χ0n) is 16.8. The molecule has 1 aromatic heterocycles. The van der Waals surface area contributed by atoms with E-state index < -0.39 is 35.5 Å². The molecular weight excluding hydrogens is 384 g/mol. The third kappa shape index (κ3) is 4.79. The van der Waals surface area contributed by atoms with Gasteiger partial charge in [-0.1, -0.05) is 6.07 Å². The summed E-state index contributed by atoms with van der Waals surface area (Å²) >= 11 is 0. The van der Waals surface area contributed by atoms with E-state index in [0.717, 1.165) is 12.1 Å². The second-order valence-corrected chi connectivity index (χ2v) is 6.77. The summed E-state index contributed by atoms with van der Waals surface area (Å²) in [6.07, 6.45) is -0.334. The molecule has 0 radical (unpaired) electrons. The maximum absolute atomic E-state index is 13.6. The highest BCUT2D eigenvalue weighted by atomic mass is 19.2. The van der Waals surface area contributed by atoms with Crippen molar-refractivity contribution in [3.05, 3.63) is 57.9 Å². The number of carbonyl (C=O) groups excluding carboxylic acids is 3. The van der Waals surface area contributed by atoms with E-state index in [1.54, 1.807) is 27.7 Å². The number of aromatic amines is 1. The Balaban J connectivity index is 2.36. The number of amides is 2. The molecule has 1 aromatic carbocycles. The fraction of sp³-hybridized carbons (Fsp3) is 0.350. The van der Waals surface area contributed by atoms with E-state index in [2.05, 4.69) is 15.6 Å². The Morgan fingerprint density at radius 2 is 1.76 bits per heavy atom. The molecule has 2 aromatic rings. The Morgan fingerprint density at radius 1 is 1.10 bits per heavy atom. The van der Waals surface area contributed by atoms with Crippen LogP contribution in [0.2, 0.25) is 0 Å². The Hall–Kier alpha value is -3.23. The first-order valence-corrected chi connectivity index (χ1v) is 8.94. The normalized spacial score (nSPS) is 11.9. The molecule has 0 fully saturated rings. The number of ether oxygens (including phenoxy) is 1. The molecule has 1 atom stereocenters. The largest absolute Gasteiger partial charge is 0.459 e. The number of esters is 1. The predicted molar refractivity (Wildman–Crippen MR) is 101 cm³/mol. The maximum atomic E-state index is 13.6. The molecular formula is C20H23F2N3O4. The number of carbonyl (C=O) groups is 3. The molecule has 0 aliphatic rings. The summed E-state index contributed by atoms with van der Waals surface area (Å²) in [5, 5.41) is 4.86. The van der Waals surface area contributed by atoms with Gasteiger partial charge >= 0.3 is 5.97 Å². The number of aromatic nitrogens is 1. The summed E-state index contributed by atoms with van der Waals surface area (Å²) in [6.45, 7) is 6.60. The number of halogens is 2. The molecule has 3 N–H and O–H groups in total. The van der Waals surface area contributed by atoms with Crippen molar-refractivity contribution in [1.29, 1.82) is 0 Å². The Labute approximate surface area is 166 Å². The van der Waals surface area contributed by atoms with Crippen LogP contribution in [0, 0.1) is 25.5 Å². The number of H-pyrrole nitrogens is 1. The van der Waals surface area contributed by atoms with Crippen molar-refractivity contribution in [3.63, 3.8) is 0 Å². The van der Waals surface area contributed by atoms with Crippen LogP contribution in [0.5, 0.6) is 0 Å². The van der Waals surface area contributed by atoms with E-state index in [1.165, 1.54) is 13.1 Å². The van der Waals surface area contributed by atoms with Gasteiger partial charge in [0.2, 0.25) is 5.91 Å². The molecule has 1 unspecified atom stereocenters. The van der Waals surface area contributed by atoms with E-state index in [9.17, 15) is 23.2 Å². The molecule has 2 amide bonds. The fourth-order valence-electron chi connectivity index (χ4n) is 2.90. The van der Waals surface area contributed by atoms with Crippen molar-refractivity contribution >= 4 is 17.8 Å². The summed E-state index contributed by atoms with van der Waals surface area (Å²) in [5.41, 5.74) is 1.15. The van der Waals surface area contributed by atoms with Crippen molar-refractivity contribution in [2.45, 2.75) is 39.8 Å². The maximum Gasteiger partial charge on any atom is 0.340 e. The molecule has 1 heterocycles. The smallest absolute Gasteiger partial charge is 0.340 e. The average Bonchev–Trinajstić information content (AvgIpc) is 2.95. The first-order valence-electron chi connectivity index (χ1n) is 8.94. The Kier molecular flexibility index (Phi) is 6.73. The van der Waals surface area contributed by atoms with E-state index in [1.807, 2.05) is 0 Å². The highest BCUT2D eigenvalue weighted by Crippen LogP contribution is 2.22. The zero-order valence-corrected chi connectivity index (χ0v) is 16.8. The van der Waals surface area contributed by atoms with Gasteiger partial charge in [0.05, 0.1) is 11.7 Å². The van der Waals surface area contributed by atoms with Gasteiger partial charge in [0, 0.05) is 12.7 Å².